The Morgan fingerprint density at radius 2 is 1.97 bits per heavy atom. The third-order valence-corrected chi connectivity index (χ3v) is 6.57. The van der Waals surface area contributed by atoms with E-state index in [4.69, 9.17) is 20.9 Å². The Morgan fingerprint density at radius 1 is 1.26 bits per heavy atom. The summed E-state index contributed by atoms with van der Waals surface area (Å²) in [7, 11) is 0. The molecule has 0 radical (unpaired) electrons. The number of hydrogen-bond acceptors (Lipinski definition) is 7. The number of hydrogen-bond donors (Lipinski definition) is 3. The number of aromatic nitrogens is 2. The summed E-state index contributed by atoms with van der Waals surface area (Å²) in [4.78, 5) is 20.6. The molecule has 8 nitrogen and oxygen atoms in total. The van der Waals surface area contributed by atoms with Crippen LogP contribution in [0.5, 0.6) is 0 Å². The molecule has 39 heavy (non-hydrogen) atoms. The van der Waals surface area contributed by atoms with E-state index >= 15 is 0 Å². The third kappa shape index (κ3) is 9.64. The number of nitrogens with two attached hydrogens (primary N) is 1. The average molecular weight is 535 g/mol. The normalized spacial score (nSPS) is 16.1. The van der Waals surface area contributed by atoms with Gasteiger partial charge in [0.25, 0.3) is 5.56 Å². The van der Waals surface area contributed by atoms with Crippen molar-refractivity contribution < 1.29 is 4.74 Å². The Labute approximate surface area is 233 Å². The molecule has 2 heterocycles. The van der Waals surface area contributed by atoms with Gasteiger partial charge in [-0.25, -0.2) is 4.98 Å². The molecule has 0 unspecified atom stereocenters. The summed E-state index contributed by atoms with van der Waals surface area (Å²) in [6, 6.07) is 0. The van der Waals surface area contributed by atoms with Crippen LogP contribution >= 0.6 is 0 Å². The predicted molar refractivity (Wildman–Crippen MR) is 164 cm³/mol. The van der Waals surface area contributed by atoms with Crippen molar-refractivity contribution in [3.05, 3.63) is 87.2 Å². The minimum absolute atomic E-state index is 0.159. The van der Waals surface area contributed by atoms with Crippen molar-refractivity contribution in [3.63, 3.8) is 0 Å². The second-order valence-electron chi connectivity index (χ2n) is 9.63. The van der Waals surface area contributed by atoms with Gasteiger partial charge in [0.05, 0.1) is 25.5 Å². The van der Waals surface area contributed by atoms with Gasteiger partial charge >= 0.3 is 0 Å². The quantitative estimate of drug-likeness (QED) is 0.229. The second-order valence-corrected chi connectivity index (χ2v) is 9.63. The van der Waals surface area contributed by atoms with Crippen LogP contribution in [0.3, 0.4) is 0 Å². The van der Waals surface area contributed by atoms with E-state index in [1.807, 2.05) is 51.2 Å². The molecule has 1 saturated heterocycles. The molecule has 212 valence electrons. The maximum Gasteiger partial charge on any atom is 0.293 e. The van der Waals surface area contributed by atoms with Crippen LogP contribution in [0, 0.1) is 12.3 Å². The van der Waals surface area contributed by atoms with Gasteiger partial charge in [0.15, 0.2) is 5.82 Å². The number of ether oxygens (including phenoxy) is 1. The topological polar surface area (TPSA) is 109 Å². The van der Waals surface area contributed by atoms with Gasteiger partial charge < -0.3 is 25.8 Å². The third-order valence-electron chi connectivity index (χ3n) is 6.57. The predicted octanol–water partition coefficient (Wildman–Crippen LogP) is 5.00. The number of nitrogens with one attached hydrogen (secondary N) is 2. The van der Waals surface area contributed by atoms with Crippen LogP contribution in [0.4, 0.5) is 5.82 Å². The van der Waals surface area contributed by atoms with E-state index in [2.05, 4.69) is 29.8 Å². The summed E-state index contributed by atoms with van der Waals surface area (Å²) in [6.07, 6.45) is 15.4. The van der Waals surface area contributed by atoms with E-state index in [-0.39, 0.29) is 5.56 Å². The van der Waals surface area contributed by atoms with E-state index in [9.17, 15) is 4.79 Å². The molecule has 0 aliphatic carbocycles. The maximum atomic E-state index is 13.6. The lowest BCUT2D eigenvalue weighted by Gasteiger charge is -2.26. The average Bonchev–Trinajstić information content (AvgIpc) is 2.91. The van der Waals surface area contributed by atoms with Crippen molar-refractivity contribution in [2.24, 2.45) is 5.73 Å². The minimum Gasteiger partial charge on any atom is -0.402 e. The molecule has 0 amide bonds. The van der Waals surface area contributed by atoms with E-state index in [1.165, 1.54) is 0 Å². The summed E-state index contributed by atoms with van der Waals surface area (Å²) in [5.74, 6) is 0.324. The first kappa shape index (κ1) is 31.7. The molecule has 0 bridgehead atoms. The Balaban J connectivity index is 2.53. The largest absolute Gasteiger partial charge is 0.402 e. The molecular formula is C31H46N6O2. The van der Waals surface area contributed by atoms with Gasteiger partial charge in [-0.3, -0.25) is 9.69 Å². The lowest BCUT2D eigenvalue weighted by Crippen LogP contribution is -2.39. The second kappa shape index (κ2) is 16.5. The Bertz CT molecular complexity index is 1210. The standard InChI is InChI=1S/C31H46N6O2/c1-7-10-12-26(9-3)22-37-25(6)28(15-14-27(13-11-8-2)29(23(4)32)24(5)33)35-30(31(37)38)34-16-17-36-18-20-39-21-19-36/h7,9-10,12-15,32H,1,8,11,16-22,33H2,2-6H3,(H,34,35)/b12-10-,15-14-,26-9+,27-13-,29-24+,32-23?. The fraction of sp³-hybridized carbons (Fsp3) is 0.452. The Hall–Kier alpha value is -3.49. The van der Waals surface area contributed by atoms with E-state index in [0.717, 1.165) is 68.1 Å². The number of rotatable bonds is 14. The van der Waals surface area contributed by atoms with Crippen molar-refractivity contribution in [1.82, 2.24) is 14.5 Å². The first-order chi connectivity index (χ1) is 18.7. The highest BCUT2D eigenvalue weighted by Crippen LogP contribution is 2.20. The molecule has 0 atom stereocenters. The molecule has 1 aliphatic heterocycles. The lowest BCUT2D eigenvalue weighted by molar-refractivity contribution is 0.0398. The van der Waals surface area contributed by atoms with E-state index < -0.39 is 0 Å². The van der Waals surface area contributed by atoms with Crippen LogP contribution < -0.4 is 16.6 Å². The summed E-state index contributed by atoms with van der Waals surface area (Å²) in [5, 5.41) is 11.6. The van der Waals surface area contributed by atoms with Crippen molar-refractivity contribution >= 4 is 17.6 Å². The van der Waals surface area contributed by atoms with Gasteiger partial charge in [0, 0.05) is 48.9 Å². The van der Waals surface area contributed by atoms with Crippen molar-refractivity contribution in [2.75, 3.05) is 44.7 Å². The molecular weight excluding hydrogens is 488 g/mol. The van der Waals surface area contributed by atoms with Crippen LogP contribution in [0.15, 0.2) is 70.2 Å². The maximum absolute atomic E-state index is 13.6. The molecule has 1 aromatic heterocycles. The molecule has 2 rings (SSSR count). The summed E-state index contributed by atoms with van der Waals surface area (Å²) < 4.78 is 7.20. The summed E-state index contributed by atoms with van der Waals surface area (Å²) in [5.41, 5.74) is 11.1. The minimum atomic E-state index is -0.159. The van der Waals surface area contributed by atoms with Crippen LogP contribution in [0.1, 0.15) is 51.9 Å². The van der Waals surface area contributed by atoms with E-state index in [1.54, 1.807) is 17.6 Å². The fourth-order valence-corrected chi connectivity index (χ4v) is 4.36. The number of anilines is 1. The van der Waals surface area contributed by atoms with Crippen LogP contribution in [-0.4, -0.2) is 59.6 Å². The van der Waals surface area contributed by atoms with E-state index in [0.29, 0.717) is 36.0 Å². The van der Waals surface area contributed by atoms with Crippen molar-refractivity contribution in [2.45, 2.75) is 54.0 Å². The van der Waals surface area contributed by atoms with Crippen molar-refractivity contribution in [1.29, 1.82) is 5.41 Å². The first-order valence-corrected chi connectivity index (χ1v) is 13.7. The number of unbranched alkanes of at least 4 members (excludes halogenated alkanes) is 1. The van der Waals surface area contributed by atoms with Gasteiger partial charge in [0.1, 0.15) is 0 Å². The van der Waals surface area contributed by atoms with Crippen molar-refractivity contribution in [3.8, 4) is 0 Å². The number of nitrogens with zero attached hydrogens (tertiary/aromatic N) is 3. The first-order valence-electron chi connectivity index (χ1n) is 13.7. The summed E-state index contributed by atoms with van der Waals surface area (Å²) in [6.45, 7) is 18.4. The van der Waals surface area contributed by atoms with Gasteiger partial charge in [-0.1, -0.05) is 56.4 Å². The van der Waals surface area contributed by atoms with Crippen LogP contribution in [0.25, 0.3) is 6.08 Å². The molecule has 8 heteroatoms. The molecule has 1 fully saturated rings. The smallest absolute Gasteiger partial charge is 0.293 e. The Morgan fingerprint density at radius 3 is 2.56 bits per heavy atom. The van der Waals surface area contributed by atoms with Crippen LogP contribution in [-0.2, 0) is 11.3 Å². The molecule has 0 aromatic carbocycles. The van der Waals surface area contributed by atoms with Crippen LogP contribution in [0.2, 0.25) is 0 Å². The fourth-order valence-electron chi connectivity index (χ4n) is 4.36. The highest BCUT2D eigenvalue weighted by molar-refractivity contribution is 6.01. The van der Waals surface area contributed by atoms with Gasteiger partial charge in [-0.15, -0.1) is 0 Å². The highest BCUT2D eigenvalue weighted by Gasteiger charge is 2.15. The molecule has 1 aliphatic rings. The number of morpholine rings is 1. The lowest BCUT2D eigenvalue weighted by atomic mass is 9.97. The zero-order valence-electron chi connectivity index (χ0n) is 24.3. The van der Waals surface area contributed by atoms with Gasteiger partial charge in [-0.05, 0) is 51.3 Å². The van der Waals surface area contributed by atoms with Gasteiger partial charge in [-0.2, -0.15) is 0 Å². The molecule has 0 saturated carbocycles. The SMILES string of the molecule is C=C/C=C\C(=C/C)Cn1c(C)c(\C=C/C(=C/CCC)C(/C(C)=N)=C(\C)N)nc(NCCN2CCOCC2)c1=O. The molecule has 1 aromatic rings. The summed E-state index contributed by atoms with van der Waals surface area (Å²) >= 11 is 0. The monoisotopic (exact) mass is 534 g/mol. The molecule has 0 spiro atoms. The van der Waals surface area contributed by atoms with Gasteiger partial charge in [0.2, 0.25) is 0 Å². The molecule has 4 N–H and O–H groups in total. The zero-order chi connectivity index (χ0) is 28.8. The highest BCUT2D eigenvalue weighted by atomic mass is 16.5. The number of allylic oxidation sites excluding steroid dienone is 10. The Kier molecular flexibility index (Phi) is 13.4. The zero-order valence-corrected chi connectivity index (χ0v) is 24.3.